The summed E-state index contributed by atoms with van der Waals surface area (Å²) in [5, 5.41) is 3.43. The Labute approximate surface area is 90.9 Å². The summed E-state index contributed by atoms with van der Waals surface area (Å²) in [6, 6.07) is 0. The van der Waals surface area contributed by atoms with Crippen molar-refractivity contribution in [2.75, 3.05) is 13.1 Å². The second kappa shape index (κ2) is 3.34. The van der Waals surface area contributed by atoms with Crippen LogP contribution in [0.1, 0.15) is 37.8 Å². The van der Waals surface area contributed by atoms with E-state index in [1.54, 1.807) is 0 Å². The van der Waals surface area contributed by atoms with Gasteiger partial charge in [0.25, 0.3) is 0 Å². The number of nitrogens with zero attached hydrogens (tertiary/aromatic N) is 2. The van der Waals surface area contributed by atoms with E-state index in [0.717, 1.165) is 13.1 Å². The van der Waals surface area contributed by atoms with Crippen molar-refractivity contribution in [2.24, 2.45) is 5.41 Å². The van der Waals surface area contributed by atoms with Crippen LogP contribution in [0.5, 0.6) is 0 Å². The predicted molar refractivity (Wildman–Crippen MR) is 59.8 cm³/mol. The Morgan fingerprint density at radius 3 is 3.13 bits per heavy atom. The normalized spacial score (nSPS) is 28.2. The second-order valence-corrected chi connectivity index (χ2v) is 5.45. The summed E-state index contributed by atoms with van der Waals surface area (Å²) in [6.07, 6.45) is 8.10. The van der Waals surface area contributed by atoms with Gasteiger partial charge in [0, 0.05) is 30.9 Å². The minimum absolute atomic E-state index is 0.571. The Hall–Kier alpha value is -0.830. The highest BCUT2D eigenvalue weighted by Gasteiger charge is 2.38. The molecular formula is C12H19N3. The first kappa shape index (κ1) is 9.40. The van der Waals surface area contributed by atoms with Crippen molar-refractivity contribution in [3.05, 3.63) is 18.2 Å². The third-order valence-electron chi connectivity index (χ3n) is 3.88. The Morgan fingerprint density at radius 1 is 1.60 bits per heavy atom. The van der Waals surface area contributed by atoms with Crippen LogP contribution in [0.2, 0.25) is 0 Å². The third kappa shape index (κ3) is 1.81. The Balaban J connectivity index is 1.79. The zero-order valence-electron chi connectivity index (χ0n) is 9.37. The average Bonchev–Trinajstić information content (AvgIpc) is 2.72. The lowest BCUT2D eigenvalue weighted by Gasteiger charge is -2.16. The maximum atomic E-state index is 4.31. The number of hydrogen-bond donors (Lipinski definition) is 1. The summed E-state index contributed by atoms with van der Waals surface area (Å²) in [7, 11) is 0. The summed E-state index contributed by atoms with van der Waals surface area (Å²) in [4.78, 5) is 4.31. The molecule has 1 aliphatic heterocycles. The van der Waals surface area contributed by atoms with Crippen LogP contribution in [0.15, 0.2) is 12.5 Å². The molecule has 0 aromatic carbocycles. The zero-order chi connectivity index (χ0) is 10.3. The highest BCUT2D eigenvalue weighted by molar-refractivity contribution is 5.10. The molecule has 3 rings (SSSR count). The van der Waals surface area contributed by atoms with E-state index >= 15 is 0 Å². The summed E-state index contributed by atoms with van der Waals surface area (Å²) >= 11 is 0. The summed E-state index contributed by atoms with van der Waals surface area (Å²) in [6.45, 7) is 5.83. The lowest BCUT2D eigenvalue weighted by Crippen LogP contribution is -2.14. The first-order valence-corrected chi connectivity index (χ1v) is 5.98. The Kier molecular flexibility index (Phi) is 2.09. The van der Waals surface area contributed by atoms with Crippen LogP contribution in [-0.4, -0.2) is 22.6 Å². The number of imidazole rings is 1. The summed E-state index contributed by atoms with van der Waals surface area (Å²) in [5.41, 5.74) is 2.01. The fraction of sp³-hybridized carbons (Fsp3) is 0.750. The van der Waals surface area contributed by atoms with Gasteiger partial charge in [0.05, 0.1) is 6.33 Å². The van der Waals surface area contributed by atoms with Gasteiger partial charge < -0.3 is 9.88 Å². The molecule has 2 aliphatic rings. The van der Waals surface area contributed by atoms with Crippen LogP contribution >= 0.6 is 0 Å². The molecule has 82 valence electrons. The topological polar surface area (TPSA) is 29.9 Å². The van der Waals surface area contributed by atoms with Gasteiger partial charge in [-0.1, -0.05) is 6.92 Å². The van der Waals surface area contributed by atoms with E-state index in [2.05, 4.69) is 28.0 Å². The molecule has 0 amide bonds. The van der Waals surface area contributed by atoms with Crippen molar-refractivity contribution in [1.29, 1.82) is 0 Å². The van der Waals surface area contributed by atoms with Gasteiger partial charge in [0.15, 0.2) is 0 Å². The molecule has 0 bridgehead atoms. The molecule has 1 N–H and O–H groups in total. The zero-order valence-corrected chi connectivity index (χ0v) is 9.37. The van der Waals surface area contributed by atoms with Crippen molar-refractivity contribution in [3.8, 4) is 0 Å². The first-order chi connectivity index (χ1) is 7.27. The Bertz CT molecular complexity index is 346. The maximum Gasteiger partial charge on any atom is 0.0948 e. The van der Waals surface area contributed by atoms with E-state index < -0.39 is 0 Å². The molecule has 1 aromatic rings. The van der Waals surface area contributed by atoms with Crippen LogP contribution in [0.3, 0.4) is 0 Å². The molecule has 2 heterocycles. The molecule has 15 heavy (non-hydrogen) atoms. The number of aromatic nitrogens is 2. The molecule has 2 fully saturated rings. The van der Waals surface area contributed by atoms with Crippen molar-refractivity contribution in [1.82, 2.24) is 14.9 Å². The van der Waals surface area contributed by atoms with Gasteiger partial charge in [0.1, 0.15) is 0 Å². The Morgan fingerprint density at radius 2 is 2.47 bits per heavy atom. The fourth-order valence-electron chi connectivity index (χ4n) is 2.49. The second-order valence-electron chi connectivity index (χ2n) is 5.45. The van der Waals surface area contributed by atoms with Gasteiger partial charge >= 0.3 is 0 Å². The van der Waals surface area contributed by atoms with Crippen LogP contribution in [0, 0.1) is 5.41 Å². The smallest absolute Gasteiger partial charge is 0.0948 e. The number of rotatable bonds is 3. The molecule has 1 aromatic heterocycles. The molecule has 1 atom stereocenters. The minimum Gasteiger partial charge on any atom is -0.334 e. The minimum atomic E-state index is 0.571. The monoisotopic (exact) mass is 205 g/mol. The van der Waals surface area contributed by atoms with Crippen molar-refractivity contribution < 1.29 is 0 Å². The van der Waals surface area contributed by atoms with Crippen LogP contribution in [0.25, 0.3) is 0 Å². The number of nitrogens with one attached hydrogen (secondary N) is 1. The molecule has 3 nitrogen and oxygen atoms in total. The van der Waals surface area contributed by atoms with E-state index in [0.29, 0.717) is 11.3 Å². The molecule has 0 radical (unpaired) electrons. The van der Waals surface area contributed by atoms with Crippen molar-refractivity contribution in [3.63, 3.8) is 0 Å². The highest BCUT2D eigenvalue weighted by Crippen LogP contribution is 2.46. The number of hydrogen-bond acceptors (Lipinski definition) is 2. The molecular weight excluding hydrogens is 186 g/mol. The molecule has 1 saturated heterocycles. The maximum absolute atomic E-state index is 4.31. The first-order valence-electron chi connectivity index (χ1n) is 5.98. The van der Waals surface area contributed by atoms with Crippen LogP contribution in [-0.2, 0) is 6.54 Å². The van der Waals surface area contributed by atoms with Gasteiger partial charge in [0.2, 0.25) is 0 Å². The third-order valence-corrected chi connectivity index (χ3v) is 3.88. The summed E-state index contributed by atoms with van der Waals surface area (Å²) < 4.78 is 2.38. The van der Waals surface area contributed by atoms with E-state index in [9.17, 15) is 0 Å². The van der Waals surface area contributed by atoms with Gasteiger partial charge in [-0.3, -0.25) is 0 Å². The predicted octanol–water partition coefficient (Wildman–Crippen LogP) is 1.76. The van der Waals surface area contributed by atoms with Gasteiger partial charge in [-0.2, -0.15) is 0 Å². The van der Waals surface area contributed by atoms with Crippen molar-refractivity contribution >= 4 is 0 Å². The van der Waals surface area contributed by atoms with Crippen molar-refractivity contribution in [2.45, 2.75) is 38.6 Å². The standard InChI is InChI=1S/C12H19N3/c1-12(3-4-12)8-15-9-14-7-11(15)10-2-5-13-6-10/h7,9-10,13H,2-6,8H2,1H3. The molecule has 1 saturated carbocycles. The lowest BCUT2D eigenvalue weighted by molar-refractivity contribution is 0.447. The lowest BCUT2D eigenvalue weighted by atomic mass is 10.0. The van der Waals surface area contributed by atoms with E-state index in [-0.39, 0.29) is 0 Å². The van der Waals surface area contributed by atoms with Gasteiger partial charge in [-0.15, -0.1) is 0 Å². The SMILES string of the molecule is CC1(Cn2cncc2C2CCNC2)CC1. The fourth-order valence-corrected chi connectivity index (χ4v) is 2.49. The highest BCUT2D eigenvalue weighted by atomic mass is 15.1. The van der Waals surface area contributed by atoms with Crippen LogP contribution in [0.4, 0.5) is 0 Å². The largest absolute Gasteiger partial charge is 0.334 e. The molecule has 0 spiro atoms. The van der Waals surface area contributed by atoms with E-state index in [4.69, 9.17) is 0 Å². The van der Waals surface area contributed by atoms with Crippen LogP contribution < -0.4 is 5.32 Å². The molecule has 3 heteroatoms. The van der Waals surface area contributed by atoms with Gasteiger partial charge in [-0.05, 0) is 31.2 Å². The van der Waals surface area contributed by atoms with E-state index in [1.807, 2.05) is 6.33 Å². The van der Waals surface area contributed by atoms with E-state index in [1.165, 1.54) is 31.5 Å². The quantitative estimate of drug-likeness (QED) is 0.815. The summed E-state index contributed by atoms with van der Waals surface area (Å²) in [5.74, 6) is 0.690. The molecule has 1 aliphatic carbocycles. The average molecular weight is 205 g/mol. The van der Waals surface area contributed by atoms with Gasteiger partial charge in [-0.25, -0.2) is 4.98 Å². The molecule has 1 unspecified atom stereocenters.